The van der Waals surface area contributed by atoms with Crippen LogP contribution >= 0.6 is 0 Å². The van der Waals surface area contributed by atoms with Gasteiger partial charge >= 0.3 is 6.09 Å². The molecule has 1 atom stereocenters. The third kappa shape index (κ3) is 44.6. The third-order valence-electron chi connectivity index (χ3n) is 11.7. The highest BCUT2D eigenvalue weighted by Gasteiger charge is 2.18. The van der Waals surface area contributed by atoms with Crippen molar-refractivity contribution in [3.63, 3.8) is 0 Å². The van der Waals surface area contributed by atoms with E-state index < -0.39 is 0 Å². The molecule has 0 aliphatic heterocycles. The Hall–Kier alpha value is -0.930. The minimum absolute atomic E-state index is 0.232. The number of rotatable bonds is 50. The topological polar surface area (TPSA) is 112 Å². The zero-order valence-corrected chi connectivity index (χ0v) is 39.3. The lowest BCUT2D eigenvalue weighted by atomic mass is 10.0. The van der Waals surface area contributed by atoms with Crippen molar-refractivity contribution in [2.75, 3.05) is 65.7 Å². The van der Waals surface area contributed by atoms with E-state index in [1.54, 1.807) is 0 Å². The number of nitrogens with two attached hydrogens (primary N) is 2. The minimum atomic E-state index is -0.265. The average Bonchev–Trinajstić information content (AvgIpc) is 3.23. The molecule has 0 aromatic carbocycles. The fourth-order valence-electron chi connectivity index (χ4n) is 7.75. The molecule has 58 heavy (non-hydrogen) atoms. The summed E-state index contributed by atoms with van der Waals surface area (Å²) in [5.41, 5.74) is 11.4. The Labute approximate surface area is 362 Å². The zero-order chi connectivity index (χ0) is 42.1. The number of hydrogen-bond acceptors (Lipinski definition) is 7. The first-order chi connectivity index (χ1) is 28.7. The van der Waals surface area contributed by atoms with Gasteiger partial charge in [0.2, 0.25) is 0 Å². The van der Waals surface area contributed by atoms with E-state index >= 15 is 0 Å². The molecular weight excluding hydrogens is 721 g/mol. The molecule has 0 saturated heterocycles. The Morgan fingerprint density at radius 3 is 1.26 bits per heavy atom. The zero-order valence-electron chi connectivity index (χ0n) is 39.3. The first kappa shape index (κ1) is 57.1. The van der Waals surface area contributed by atoms with Crippen LogP contribution in [0.15, 0.2) is 0 Å². The van der Waals surface area contributed by atoms with E-state index in [4.69, 9.17) is 25.7 Å². The molecule has 0 radical (unpaired) electrons. The van der Waals surface area contributed by atoms with E-state index in [2.05, 4.69) is 19.2 Å². The van der Waals surface area contributed by atoms with Gasteiger partial charge in [-0.2, -0.15) is 0 Å². The predicted molar refractivity (Wildman–Crippen MR) is 252 cm³/mol. The minimum Gasteiger partial charge on any atom is -0.447 e. The molecule has 1 unspecified atom stereocenters. The normalized spacial score (nSPS) is 12.1. The van der Waals surface area contributed by atoms with Gasteiger partial charge in [-0.3, -0.25) is 0 Å². The Morgan fingerprint density at radius 2 is 0.828 bits per heavy atom. The molecule has 0 heterocycles. The summed E-state index contributed by atoms with van der Waals surface area (Å²) >= 11 is 0. The van der Waals surface area contributed by atoms with Gasteiger partial charge in [-0.1, -0.05) is 206 Å². The lowest BCUT2D eigenvalue weighted by Crippen LogP contribution is -2.37. The number of hydrogen-bond donors (Lipinski definition) is 3. The summed E-state index contributed by atoms with van der Waals surface area (Å²) in [4.78, 5) is 15.0. The summed E-state index contributed by atoms with van der Waals surface area (Å²) in [6, 6.07) is 0. The number of nitrogens with zero attached hydrogens (tertiary/aromatic N) is 1. The van der Waals surface area contributed by atoms with Crippen LogP contribution in [0.3, 0.4) is 0 Å². The van der Waals surface area contributed by atoms with Gasteiger partial charge in [0.25, 0.3) is 0 Å². The van der Waals surface area contributed by atoms with Crippen molar-refractivity contribution in [3.8, 4) is 0 Å². The Kier molecular flexibility index (Phi) is 49.6. The van der Waals surface area contributed by atoms with Gasteiger partial charge in [0.15, 0.2) is 0 Å². The molecule has 8 nitrogen and oxygen atoms in total. The largest absolute Gasteiger partial charge is 0.447 e. The van der Waals surface area contributed by atoms with Crippen molar-refractivity contribution in [1.82, 2.24) is 10.2 Å². The van der Waals surface area contributed by atoms with E-state index in [-0.39, 0.29) is 18.8 Å². The van der Waals surface area contributed by atoms with Gasteiger partial charge in [-0.25, -0.2) is 4.79 Å². The first-order valence-corrected chi connectivity index (χ1v) is 25.9. The molecule has 0 bridgehead atoms. The van der Waals surface area contributed by atoms with Crippen LogP contribution in [0.5, 0.6) is 0 Å². The fourth-order valence-corrected chi connectivity index (χ4v) is 7.75. The summed E-state index contributed by atoms with van der Waals surface area (Å²) < 4.78 is 18.3. The average molecular weight is 825 g/mol. The standard InChI is InChI=1S/C50H104N4O4/c1-3-5-7-9-11-13-15-17-19-21-23-25-27-29-31-35-45-56-47-49(48-58-50(55)54(44-38-40-52)43-34-33-41-53-42-37-39-51)57-46-36-32-30-28-26-24-22-20-18-16-14-12-10-8-6-4-2/h49,53H,3-48,51-52H2,1-2H3. The van der Waals surface area contributed by atoms with Gasteiger partial charge in [0, 0.05) is 26.3 Å². The van der Waals surface area contributed by atoms with Crippen LogP contribution in [-0.4, -0.2) is 82.8 Å². The lowest BCUT2D eigenvalue weighted by Gasteiger charge is -2.24. The van der Waals surface area contributed by atoms with Gasteiger partial charge < -0.3 is 35.9 Å². The van der Waals surface area contributed by atoms with Gasteiger partial charge in [0.05, 0.1) is 6.61 Å². The highest BCUT2D eigenvalue weighted by Crippen LogP contribution is 2.16. The number of nitrogens with one attached hydrogen (secondary N) is 1. The van der Waals surface area contributed by atoms with Gasteiger partial charge in [0.1, 0.15) is 12.7 Å². The molecule has 348 valence electrons. The maximum atomic E-state index is 13.2. The first-order valence-electron chi connectivity index (χ1n) is 25.9. The van der Waals surface area contributed by atoms with E-state index in [0.717, 1.165) is 58.2 Å². The SMILES string of the molecule is CCCCCCCCCCCCCCCCCCOCC(COC(=O)N(CCCN)CCCCNCCCN)OCCCCCCCCCCCCCCCCCC. The van der Waals surface area contributed by atoms with Crippen LogP contribution < -0.4 is 16.8 Å². The van der Waals surface area contributed by atoms with Crippen molar-refractivity contribution in [3.05, 3.63) is 0 Å². The van der Waals surface area contributed by atoms with E-state index in [9.17, 15) is 4.79 Å². The second-order valence-electron chi connectivity index (χ2n) is 17.5. The number of ether oxygens (including phenoxy) is 3. The van der Waals surface area contributed by atoms with Crippen LogP contribution in [0.2, 0.25) is 0 Å². The molecule has 0 spiro atoms. The van der Waals surface area contributed by atoms with E-state index in [0.29, 0.717) is 39.4 Å². The van der Waals surface area contributed by atoms with Crippen LogP contribution in [0.25, 0.3) is 0 Å². The maximum absolute atomic E-state index is 13.2. The van der Waals surface area contributed by atoms with Crippen LogP contribution in [0.1, 0.15) is 245 Å². The fraction of sp³-hybridized carbons (Fsp3) is 0.980. The summed E-state index contributed by atoms with van der Waals surface area (Å²) in [7, 11) is 0. The van der Waals surface area contributed by atoms with Crippen molar-refractivity contribution >= 4 is 6.09 Å². The summed E-state index contributed by atoms with van der Waals surface area (Å²) in [5.74, 6) is 0. The smallest absolute Gasteiger partial charge is 0.409 e. The molecule has 0 aromatic rings. The van der Waals surface area contributed by atoms with Gasteiger partial charge in [-0.15, -0.1) is 0 Å². The molecule has 0 saturated carbocycles. The monoisotopic (exact) mass is 825 g/mol. The number of carbonyl (C=O) groups is 1. The van der Waals surface area contributed by atoms with Crippen LogP contribution in [0, 0.1) is 0 Å². The van der Waals surface area contributed by atoms with Crippen LogP contribution in [-0.2, 0) is 14.2 Å². The second-order valence-corrected chi connectivity index (χ2v) is 17.5. The Balaban J connectivity index is 4.34. The van der Waals surface area contributed by atoms with Gasteiger partial charge in [-0.05, 0) is 64.7 Å². The summed E-state index contributed by atoms with van der Waals surface area (Å²) in [6.45, 7) is 11.2. The second kappa shape index (κ2) is 50.4. The van der Waals surface area contributed by atoms with Crippen molar-refractivity contribution in [2.45, 2.75) is 251 Å². The molecule has 0 rings (SSSR count). The molecule has 8 heteroatoms. The third-order valence-corrected chi connectivity index (χ3v) is 11.7. The van der Waals surface area contributed by atoms with E-state index in [1.165, 1.54) is 193 Å². The summed E-state index contributed by atoms with van der Waals surface area (Å²) in [6.07, 6.45) is 46.8. The predicted octanol–water partition coefficient (Wildman–Crippen LogP) is 13.4. The molecule has 0 aliphatic rings. The highest BCUT2D eigenvalue weighted by atomic mass is 16.6. The number of amides is 1. The van der Waals surface area contributed by atoms with Crippen molar-refractivity contribution in [2.24, 2.45) is 11.5 Å². The molecule has 0 aromatic heterocycles. The van der Waals surface area contributed by atoms with Crippen molar-refractivity contribution in [1.29, 1.82) is 0 Å². The van der Waals surface area contributed by atoms with Crippen molar-refractivity contribution < 1.29 is 19.0 Å². The molecule has 5 N–H and O–H groups in total. The lowest BCUT2D eigenvalue weighted by molar-refractivity contribution is -0.0506. The maximum Gasteiger partial charge on any atom is 0.409 e. The molecule has 1 amide bonds. The molecule has 0 fully saturated rings. The Bertz CT molecular complexity index is 776. The van der Waals surface area contributed by atoms with Crippen LogP contribution in [0.4, 0.5) is 4.79 Å². The number of unbranched alkanes of at least 4 members (excludes halogenated alkanes) is 31. The summed E-state index contributed by atoms with van der Waals surface area (Å²) in [5, 5.41) is 3.42. The highest BCUT2D eigenvalue weighted by molar-refractivity contribution is 5.67. The molecular formula is C50H104N4O4. The molecule has 0 aliphatic carbocycles. The van der Waals surface area contributed by atoms with E-state index in [1.807, 2.05) is 4.90 Å². The number of carbonyl (C=O) groups excluding carboxylic acids is 1. The Morgan fingerprint density at radius 1 is 0.448 bits per heavy atom. The quantitative estimate of drug-likeness (QED) is 0.0524.